The average molecular weight is 248 g/mol. The Bertz CT molecular complexity index is 395. The van der Waals surface area contributed by atoms with Crippen LogP contribution in [0, 0.1) is 0 Å². The Labute approximate surface area is 108 Å². The minimum Gasteiger partial charge on any atom is -0.466 e. The molecule has 1 unspecified atom stereocenters. The molecule has 0 aliphatic heterocycles. The first kappa shape index (κ1) is 14.5. The van der Waals surface area contributed by atoms with Crippen molar-refractivity contribution in [2.24, 2.45) is 0 Å². The summed E-state index contributed by atoms with van der Waals surface area (Å²) in [5.74, 6) is -0.470. The van der Waals surface area contributed by atoms with E-state index in [0.717, 1.165) is 19.3 Å². The molecule has 0 bridgehead atoms. The molecule has 0 heterocycles. The average Bonchev–Trinajstić information content (AvgIpc) is 2.43. The first-order valence-electron chi connectivity index (χ1n) is 6.22. The first-order chi connectivity index (χ1) is 8.70. The van der Waals surface area contributed by atoms with Gasteiger partial charge < -0.3 is 9.84 Å². The summed E-state index contributed by atoms with van der Waals surface area (Å²) < 4.78 is 4.72. The Kier molecular flexibility index (Phi) is 6.15. The molecule has 0 aliphatic rings. The third-order valence-corrected chi connectivity index (χ3v) is 2.75. The largest absolute Gasteiger partial charge is 0.466 e. The lowest BCUT2D eigenvalue weighted by Gasteiger charge is -2.13. The Hall–Kier alpha value is -1.61. The molecule has 0 saturated heterocycles. The zero-order chi connectivity index (χ0) is 13.4. The van der Waals surface area contributed by atoms with Crippen LogP contribution in [0.5, 0.6) is 0 Å². The van der Waals surface area contributed by atoms with Crippen molar-refractivity contribution in [3.63, 3.8) is 0 Å². The fraction of sp³-hybridized carbons (Fsp3) is 0.400. The molecule has 0 spiro atoms. The molecule has 0 aliphatic carbocycles. The second-order valence-corrected chi connectivity index (χ2v) is 4.11. The normalized spacial score (nSPS) is 13.2. The van der Waals surface area contributed by atoms with Crippen molar-refractivity contribution in [2.75, 3.05) is 7.11 Å². The first-order valence-corrected chi connectivity index (χ1v) is 6.22. The van der Waals surface area contributed by atoms with Crippen molar-refractivity contribution in [2.45, 2.75) is 32.3 Å². The van der Waals surface area contributed by atoms with E-state index >= 15 is 0 Å². The summed E-state index contributed by atoms with van der Waals surface area (Å²) in [4.78, 5) is 11.7. The standard InChI is InChI=1S/C15H20O3/c1-3-4-6-11-13(15(17)18-2)14(16)12-9-7-5-8-10-12/h5,7-11,14,16H,3-4,6H2,1-2H3/b13-11+. The van der Waals surface area contributed by atoms with Gasteiger partial charge in [-0.25, -0.2) is 4.79 Å². The van der Waals surface area contributed by atoms with E-state index in [4.69, 9.17) is 4.74 Å². The second kappa shape index (κ2) is 7.67. The number of hydrogen-bond donors (Lipinski definition) is 1. The molecule has 0 amide bonds. The Balaban J connectivity index is 2.89. The summed E-state index contributed by atoms with van der Waals surface area (Å²) in [6.07, 6.45) is 3.65. The molecule has 0 radical (unpaired) electrons. The van der Waals surface area contributed by atoms with Crippen LogP contribution in [-0.2, 0) is 9.53 Å². The Morgan fingerprint density at radius 1 is 1.39 bits per heavy atom. The summed E-state index contributed by atoms with van der Waals surface area (Å²) >= 11 is 0. The number of methoxy groups -OCH3 is 1. The molecule has 1 atom stereocenters. The number of ether oxygens (including phenoxy) is 1. The Morgan fingerprint density at radius 2 is 2.06 bits per heavy atom. The van der Waals surface area contributed by atoms with E-state index in [9.17, 15) is 9.90 Å². The molecular weight excluding hydrogens is 228 g/mol. The van der Waals surface area contributed by atoms with E-state index < -0.39 is 12.1 Å². The third kappa shape index (κ3) is 4.00. The molecule has 18 heavy (non-hydrogen) atoms. The number of hydrogen-bond acceptors (Lipinski definition) is 3. The monoisotopic (exact) mass is 248 g/mol. The van der Waals surface area contributed by atoms with Gasteiger partial charge in [0.05, 0.1) is 12.7 Å². The van der Waals surface area contributed by atoms with Gasteiger partial charge in [-0.05, 0) is 12.0 Å². The van der Waals surface area contributed by atoms with Crippen LogP contribution in [-0.4, -0.2) is 18.2 Å². The topological polar surface area (TPSA) is 46.5 Å². The molecule has 0 fully saturated rings. The predicted octanol–water partition coefficient (Wildman–Crippen LogP) is 3.01. The smallest absolute Gasteiger partial charge is 0.336 e. The molecule has 0 aromatic heterocycles. The summed E-state index contributed by atoms with van der Waals surface area (Å²) in [5, 5.41) is 10.2. The molecule has 1 rings (SSSR count). The summed E-state index contributed by atoms with van der Waals surface area (Å²) in [6.45, 7) is 2.08. The number of carbonyl (C=O) groups excluding carboxylic acids is 1. The lowest BCUT2D eigenvalue weighted by Crippen LogP contribution is -2.13. The van der Waals surface area contributed by atoms with Gasteiger partial charge in [-0.1, -0.05) is 56.2 Å². The highest BCUT2D eigenvalue weighted by Crippen LogP contribution is 2.23. The maximum absolute atomic E-state index is 11.7. The van der Waals surface area contributed by atoms with Gasteiger partial charge in [-0.3, -0.25) is 0 Å². The zero-order valence-corrected chi connectivity index (χ0v) is 10.9. The fourth-order valence-electron chi connectivity index (χ4n) is 1.70. The summed E-state index contributed by atoms with van der Waals surface area (Å²) in [7, 11) is 1.33. The van der Waals surface area contributed by atoms with Crippen molar-refractivity contribution in [1.29, 1.82) is 0 Å². The van der Waals surface area contributed by atoms with Crippen LogP contribution in [0.4, 0.5) is 0 Å². The highest BCUT2D eigenvalue weighted by Gasteiger charge is 2.20. The summed E-state index contributed by atoms with van der Waals surface area (Å²) in [5.41, 5.74) is 1.02. The Morgan fingerprint density at radius 3 is 2.61 bits per heavy atom. The molecular formula is C15H20O3. The van der Waals surface area contributed by atoms with Crippen LogP contribution in [0.15, 0.2) is 42.0 Å². The van der Waals surface area contributed by atoms with E-state index in [1.54, 1.807) is 18.2 Å². The molecule has 1 aromatic carbocycles. The lowest BCUT2D eigenvalue weighted by atomic mass is 10.00. The van der Waals surface area contributed by atoms with Crippen LogP contribution in [0.2, 0.25) is 0 Å². The number of aliphatic hydroxyl groups is 1. The number of aliphatic hydroxyl groups excluding tert-OH is 1. The van der Waals surface area contributed by atoms with Crippen molar-refractivity contribution < 1.29 is 14.6 Å². The molecule has 3 nitrogen and oxygen atoms in total. The van der Waals surface area contributed by atoms with Gasteiger partial charge in [0.1, 0.15) is 6.10 Å². The minimum absolute atomic E-state index is 0.317. The zero-order valence-electron chi connectivity index (χ0n) is 10.9. The van der Waals surface area contributed by atoms with Crippen LogP contribution < -0.4 is 0 Å². The molecule has 98 valence electrons. The number of rotatable bonds is 6. The van der Waals surface area contributed by atoms with Gasteiger partial charge >= 0.3 is 5.97 Å². The van der Waals surface area contributed by atoms with Crippen molar-refractivity contribution in [3.05, 3.63) is 47.5 Å². The highest BCUT2D eigenvalue weighted by molar-refractivity contribution is 5.89. The number of unbranched alkanes of at least 4 members (excludes halogenated alkanes) is 2. The summed E-state index contributed by atoms with van der Waals surface area (Å²) in [6, 6.07) is 9.12. The quantitative estimate of drug-likeness (QED) is 0.478. The van der Waals surface area contributed by atoms with E-state index in [2.05, 4.69) is 6.92 Å². The maximum atomic E-state index is 11.7. The third-order valence-electron chi connectivity index (χ3n) is 2.75. The number of allylic oxidation sites excluding steroid dienone is 1. The maximum Gasteiger partial charge on any atom is 0.336 e. The molecule has 1 aromatic rings. The van der Waals surface area contributed by atoms with Crippen molar-refractivity contribution in [3.8, 4) is 0 Å². The van der Waals surface area contributed by atoms with Crippen molar-refractivity contribution >= 4 is 5.97 Å². The second-order valence-electron chi connectivity index (χ2n) is 4.11. The van der Waals surface area contributed by atoms with E-state index in [-0.39, 0.29) is 0 Å². The van der Waals surface area contributed by atoms with Gasteiger partial charge in [-0.2, -0.15) is 0 Å². The minimum atomic E-state index is -0.921. The van der Waals surface area contributed by atoms with Gasteiger partial charge in [0, 0.05) is 0 Å². The van der Waals surface area contributed by atoms with Gasteiger partial charge in [0.25, 0.3) is 0 Å². The number of benzene rings is 1. The predicted molar refractivity (Wildman–Crippen MR) is 71.0 cm³/mol. The van der Waals surface area contributed by atoms with Crippen LogP contribution in [0.1, 0.15) is 37.9 Å². The SMILES string of the molecule is CCCC/C=C(/C(=O)OC)C(O)c1ccccc1. The van der Waals surface area contributed by atoms with Crippen LogP contribution in [0.25, 0.3) is 0 Å². The molecule has 0 saturated carbocycles. The lowest BCUT2D eigenvalue weighted by molar-refractivity contribution is -0.137. The van der Waals surface area contributed by atoms with Gasteiger partial charge in [0.15, 0.2) is 0 Å². The van der Waals surface area contributed by atoms with E-state index in [0.29, 0.717) is 11.1 Å². The number of esters is 1. The van der Waals surface area contributed by atoms with Gasteiger partial charge in [0.2, 0.25) is 0 Å². The molecule has 3 heteroatoms. The van der Waals surface area contributed by atoms with E-state index in [1.807, 2.05) is 18.2 Å². The molecule has 1 N–H and O–H groups in total. The number of carbonyl (C=O) groups is 1. The van der Waals surface area contributed by atoms with Crippen LogP contribution in [0.3, 0.4) is 0 Å². The fourth-order valence-corrected chi connectivity index (χ4v) is 1.70. The highest BCUT2D eigenvalue weighted by atomic mass is 16.5. The van der Waals surface area contributed by atoms with Crippen LogP contribution >= 0.6 is 0 Å². The van der Waals surface area contributed by atoms with E-state index in [1.165, 1.54) is 7.11 Å². The van der Waals surface area contributed by atoms with Crippen molar-refractivity contribution in [1.82, 2.24) is 0 Å². The van der Waals surface area contributed by atoms with Gasteiger partial charge in [-0.15, -0.1) is 0 Å².